The second-order valence-electron chi connectivity index (χ2n) is 4.62. The molecule has 0 aliphatic rings. The van der Waals surface area contributed by atoms with Gasteiger partial charge in [-0.2, -0.15) is 0 Å². The third-order valence-corrected chi connectivity index (χ3v) is 3.55. The van der Waals surface area contributed by atoms with Gasteiger partial charge in [-0.15, -0.1) is 0 Å². The maximum atomic E-state index is 13.9. The minimum Gasteiger partial charge on any atom is -0.310 e. The summed E-state index contributed by atoms with van der Waals surface area (Å²) in [5.41, 5.74) is 1.65. The third-order valence-electron chi connectivity index (χ3n) is 3.06. The number of nitrogens with zero attached hydrogens (tertiary/aromatic N) is 2. The number of rotatable bonds is 6. The number of hydrogen-bond donors (Lipinski definition) is 1. The Labute approximate surface area is 126 Å². The normalized spacial score (nSPS) is 12.3. The van der Waals surface area contributed by atoms with E-state index in [0.29, 0.717) is 12.0 Å². The van der Waals surface area contributed by atoms with Gasteiger partial charge in [0.2, 0.25) is 0 Å². The fourth-order valence-electron chi connectivity index (χ4n) is 2.04. The summed E-state index contributed by atoms with van der Waals surface area (Å²) in [6, 6.07) is 5.02. The molecule has 0 aliphatic carbocycles. The molecule has 20 heavy (non-hydrogen) atoms. The Morgan fingerprint density at radius 3 is 2.75 bits per heavy atom. The van der Waals surface area contributed by atoms with Crippen LogP contribution in [-0.2, 0) is 6.42 Å². The fraction of sp³-hybridized carbons (Fsp3) is 0.333. The van der Waals surface area contributed by atoms with Crippen molar-refractivity contribution >= 4 is 15.9 Å². The minimum atomic E-state index is -0.187. The summed E-state index contributed by atoms with van der Waals surface area (Å²) < 4.78 is 14.8. The van der Waals surface area contributed by atoms with Crippen molar-refractivity contribution in [3.63, 3.8) is 0 Å². The average Bonchev–Trinajstić information content (AvgIpc) is 2.48. The van der Waals surface area contributed by atoms with Gasteiger partial charge in [0.15, 0.2) is 0 Å². The number of aromatic nitrogens is 2. The second kappa shape index (κ2) is 7.45. The van der Waals surface area contributed by atoms with Crippen LogP contribution in [0.25, 0.3) is 0 Å². The molecule has 2 rings (SSSR count). The number of halogens is 2. The van der Waals surface area contributed by atoms with Gasteiger partial charge in [0.25, 0.3) is 0 Å². The molecular formula is C15H17BrFN3. The van der Waals surface area contributed by atoms with E-state index >= 15 is 0 Å². The molecule has 1 N–H and O–H groups in total. The van der Waals surface area contributed by atoms with Gasteiger partial charge >= 0.3 is 0 Å². The molecule has 2 aromatic rings. The summed E-state index contributed by atoms with van der Waals surface area (Å²) in [5.74, 6) is -0.187. The van der Waals surface area contributed by atoms with Crippen molar-refractivity contribution in [3.8, 4) is 0 Å². The fourth-order valence-corrected chi connectivity index (χ4v) is 2.45. The maximum Gasteiger partial charge on any atom is 0.126 e. The van der Waals surface area contributed by atoms with Crippen LogP contribution in [0.5, 0.6) is 0 Å². The van der Waals surface area contributed by atoms with Gasteiger partial charge < -0.3 is 5.32 Å². The molecule has 0 aliphatic heterocycles. The van der Waals surface area contributed by atoms with Crippen LogP contribution in [0, 0.1) is 5.82 Å². The molecule has 106 valence electrons. The molecule has 1 heterocycles. The van der Waals surface area contributed by atoms with Gasteiger partial charge in [-0.1, -0.05) is 22.9 Å². The van der Waals surface area contributed by atoms with E-state index < -0.39 is 0 Å². The zero-order chi connectivity index (χ0) is 14.4. The highest BCUT2D eigenvalue weighted by Gasteiger charge is 2.14. The van der Waals surface area contributed by atoms with Crippen LogP contribution in [0.4, 0.5) is 4.39 Å². The first kappa shape index (κ1) is 15.1. The predicted octanol–water partition coefficient (Wildman–Crippen LogP) is 3.66. The SMILES string of the molecule is CCCNC(Cc1cc(Br)ccc1F)c1cncnc1. The maximum absolute atomic E-state index is 13.9. The van der Waals surface area contributed by atoms with E-state index in [1.807, 2.05) is 6.07 Å². The van der Waals surface area contributed by atoms with Crippen LogP contribution in [-0.4, -0.2) is 16.5 Å². The van der Waals surface area contributed by atoms with Crippen molar-refractivity contribution in [2.45, 2.75) is 25.8 Å². The van der Waals surface area contributed by atoms with E-state index in [9.17, 15) is 4.39 Å². The van der Waals surface area contributed by atoms with Crippen molar-refractivity contribution in [1.82, 2.24) is 15.3 Å². The van der Waals surface area contributed by atoms with Crippen molar-refractivity contribution in [1.29, 1.82) is 0 Å². The molecule has 0 saturated heterocycles. The Kier molecular flexibility index (Phi) is 5.61. The number of nitrogens with one attached hydrogen (secondary N) is 1. The van der Waals surface area contributed by atoms with Crippen molar-refractivity contribution < 1.29 is 4.39 Å². The number of benzene rings is 1. The molecule has 0 spiro atoms. The summed E-state index contributed by atoms with van der Waals surface area (Å²) in [6.45, 7) is 2.97. The van der Waals surface area contributed by atoms with Gasteiger partial charge in [0.1, 0.15) is 12.1 Å². The Bertz CT molecular complexity index is 548. The van der Waals surface area contributed by atoms with Crippen molar-refractivity contribution in [3.05, 3.63) is 58.3 Å². The van der Waals surface area contributed by atoms with Crippen LogP contribution >= 0.6 is 15.9 Å². The second-order valence-corrected chi connectivity index (χ2v) is 5.53. The molecule has 0 fully saturated rings. The quantitative estimate of drug-likeness (QED) is 0.873. The lowest BCUT2D eigenvalue weighted by atomic mass is 10.0. The summed E-state index contributed by atoms with van der Waals surface area (Å²) in [6.07, 6.45) is 6.64. The summed E-state index contributed by atoms with van der Waals surface area (Å²) >= 11 is 3.38. The topological polar surface area (TPSA) is 37.8 Å². The summed E-state index contributed by atoms with van der Waals surface area (Å²) in [4.78, 5) is 8.08. The van der Waals surface area contributed by atoms with Crippen LogP contribution in [0.15, 0.2) is 41.4 Å². The molecule has 0 saturated carbocycles. The standard InChI is InChI=1S/C15H17BrFN3/c1-2-5-20-15(12-8-18-10-19-9-12)7-11-6-13(16)3-4-14(11)17/h3-4,6,8-10,15,20H,2,5,7H2,1H3. The van der Waals surface area contributed by atoms with Crippen molar-refractivity contribution in [2.24, 2.45) is 0 Å². The van der Waals surface area contributed by atoms with Gasteiger partial charge in [-0.05, 0) is 43.1 Å². The van der Waals surface area contributed by atoms with Crippen LogP contribution in [0.3, 0.4) is 0 Å². The first-order valence-corrected chi connectivity index (χ1v) is 7.42. The lowest BCUT2D eigenvalue weighted by Crippen LogP contribution is -2.24. The van der Waals surface area contributed by atoms with Gasteiger partial charge in [0, 0.05) is 28.5 Å². The van der Waals surface area contributed by atoms with Crippen LogP contribution in [0.1, 0.15) is 30.5 Å². The van der Waals surface area contributed by atoms with E-state index in [1.54, 1.807) is 18.5 Å². The molecule has 1 atom stereocenters. The first-order valence-electron chi connectivity index (χ1n) is 6.63. The van der Waals surface area contributed by atoms with E-state index in [0.717, 1.165) is 23.0 Å². The van der Waals surface area contributed by atoms with E-state index in [2.05, 4.69) is 38.1 Å². The van der Waals surface area contributed by atoms with Gasteiger partial charge in [-0.3, -0.25) is 0 Å². The van der Waals surface area contributed by atoms with E-state index in [1.165, 1.54) is 12.4 Å². The van der Waals surface area contributed by atoms with E-state index in [4.69, 9.17) is 0 Å². The lowest BCUT2D eigenvalue weighted by molar-refractivity contribution is 0.510. The predicted molar refractivity (Wildman–Crippen MR) is 80.9 cm³/mol. The average molecular weight is 338 g/mol. The summed E-state index contributed by atoms with van der Waals surface area (Å²) in [7, 11) is 0. The Hall–Kier alpha value is -1.33. The minimum absolute atomic E-state index is 0.0138. The Morgan fingerprint density at radius 1 is 1.30 bits per heavy atom. The molecule has 0 bridgehead atoms. The Morgan fingerprint density at radius 2 is 2.05 bits per heavy atom. The summed E-state index contributed by atoms with van der Waals surface area (Å²) in [5, 5.41) is 3.42. The molecule has 0 amide bonds. The van der Waals surface area contributed by atoms with E-state index in [-0.39, 0.29) is 11.9 Å². The number of hydrogen-bond acceptors (Lipinski definition) is 3. The molecule has 5 heteroatoms. The molecule has 1 unspecified atom stereocenters. The molecular weight excluding hydrogens is 321 g/mol. The van der Waals surface area contributed by atoms with Crippen LogP contribution < -0.4 is 5.32 Å². The largest absolute Gasteiger partial charge is 0.310 e. The zero-order valence-electron chi connectivity index (χ0n) is 11.3. The molecule has 1 aromatic carbocycles. The third kappa shape index (κ3) is 4.08. The van der Waals surface area contributed by atoms with Crippen LogP contribution in [0.2, 0.25) is 0 Å². The van der Waals surface area contributed by atoms with Crippen molar-refractivity contribution in [2.75, 3.05) is 6.54 Å². The van der Waals surface area contributed by atoms with Gasteiger partial charge in [-0.25, -0.2) is 14.4 Å². The highest BCUT2D eigenvalue weighted by atomic mass is 79.9. The molecule has 1 aromatic heterocycles. The monoisotopic (exact) mass is 337 g/mol. The highest BCUT2D eigenvalue weighted by Crippen LogP contribution is 2.22. The smallest absolute Gasteiger partial charge is 0.126 e. The zero-order valence-corrected chi connectivity index (χ0v) is 12.9. The highest BCUT2D eigenvalue weighted by molar-refractivity contribution is 9.10. The Balaban J connectivity index is 2.21. The first-order chi connectivity index (χ1) is 9.70. The van der Waals surface area contributed by atoms with Gasteiger partial charge in [0.05, 0.1) is 0 Å². The lowest BCUT2D eigenvalue weighted by Gasteiger charge is -2.19. The molecule has 0 radical (unpaired) electrons. The molecule has 3 nitrogen and oxygen atoms in total.